The fourth-order valence-corrected chi connectivity index (χ4v) is 2.81. The summed E-state index contributed by atoms with van der Waals surface area (Å²) in [6, 6.07) is 9.80. The van der Waals surface area contributed by atoms with E-state index in [0.29, 0.717) is 17.6 Å². The van der Waals surface area contributed by atoms with Gasteiger partial charge in [0.2, 0.25) is 0 Å². The van der Waals surface area contributed by atoms with Gasteiger partial charge < -0.3 is 4.74 Å². The van der Waals surface area contributed by atoms with Crippen molar-refractivity contribution in [2.75, 3.05) is 6.61 Å². The lowest BCUT2D eigenvalue weighted by atomic mass is 10.2. The van der Waals surface area contributed by atoms with Crippen molar-refractivity contribution in [2.24, 2.45) is 0 Å². The van der Waals surface area contributed by atoms with Crippen LogP contribution in [0, 0.1) is 0 Å². The van der Waals surface area contributed by atoms with Crippen LogP contribution in [0.4, 0.5) is 0 Å². The van der Waals surface area contributed by atoms with E-state index in [1.54, 1.807) is 0 Å². The van der Waals surface area contributed by atoms with Crippen LogP contribution in [-0.2, 0) is 18.8 Å². The fourth-order valence-electron chi connectivity index (χ4n) is 2.16. The summed E-state index contributed by atoms with van der Waals surface area (Å²) in [5, 5.41) is 5.22. The first-order chi connectivity index (χ1) is 10.3. The maximum Gasteiger partial charge on any atom is 0.131 e. The number of alkyl halides is 1. The second-order valence-electron chi connectivity index (χ2n) is 4.84. The highest BCUT2D eigenvalue weighted by molar-refractivity contribution is 6.31. The summed E-state index contributed by atoms with van der Waals surface area (Å²) in [5.74, 6) is 1.30. The molecule has 0 aliphatic rings. The predicted octanol–water partition coefficient (Wildman–Crippen LogP) is 4.70. The molecule has 0 aliphatic heterocycles. The molecule has 0 aliphatic carbocycles. The molecule has 0 radical (unpaired) electrons. The lowest BCUT2D eigenvalue weighted by molar-refractivity contribution is 0.298. The third-order valence-electron chi connectivity index (χ3n) is 3.21. The Hall–Kier alpha value is -1.19. The van der Waals surface area contributed by atoms with Gasteiger partial charge in [0, 0.05) is 18.5 Å². The zero-order chi connectivity index (χ0) is 15.1. The van der Waals surface area contributed by atoms with Gasteiger partial charge in [-0.3, -0.25) is 4.68 Å². The molecule has 0 unspecified atom stereocenters. The molecule has 0 spiro atoms. The van der Waals surface area contributed by atoms with Crippen molar-refractivity contribution in [3.63, 3.8) is 0 Å². The number of hydrogen-bond donors (Lipinski definition) is 0. The standard InChI is InChI=1S/C16H20Cl2N2O/c1-2-7-15-14(12-17)16(18)20(19-15)10-6-11-21-13-8-4-3-5-9-13/h3-5,8-9H,2,6-7,10-12H2,1H3. The maximum atomic E-state index is 6.34. The quantitative estimate of drug-likeness (QED) is 0.519. The van der Waals surface area contributed by atoms with Gasteiger partial charge in [0.25, 0.3) is 0 Å². The Morgan fingerprint density at radius 3 is 2.67 bits per heavy atom. The van der Waals surface area contributed by atoms with Crippen LogP contribution >= 0.6 is 23.2 Å². The molecule has 0 fully saturated rings. The van der Waals surface area contributed by atoms with Crippen molar-refractivity contribution >= 4 is 23.2 Å². The lowest BCUT2D eigenvalue weighted by Crippen LogP contribution is -2.06. The Kier molecular flexibility index (Phi) is 6.40. The summed E-state index contributed by atoms with van der Waals surface area (Å²) in [5.41, 5.74) is 1.98. The van der Waals surface area contributed by atoms with Gasteiger partial charge in [-0.2, -0.15) is 5.10 Å². The third-order valence-corrected chi connectivity index (χ3v) is 3.90. The molecule has 5 heteroatoms. The van der Waals surface area contributed by atoms with Gasteiger partial charge >= 0.3 is 0 Å². The number of nitrogens with zero attached hydrogens (tertiary/aromatic N) is 2. The van der Waals surface area contributed by atoms with Crippen LogP contribution in [-0.4, -0.2) is 16.4 Å². The van der Waals surface area contributed by atoms with Crippen molar-refractivity contribution in [3.8, 4) is 5.75 Å². The Morgan fingerprint density at radius 2 is 2.00 bits per heavy atom. The van der Waals surface area contributed by atoms with Crippen molar-refractivity contribution in [2.45, 2.75) is 38.6 Å². The van der Waals surface area contributed by atoms with Gasteiger partial charge in [0.05, 0.1) is 18.2 Å². The highest BCUT2D eigenvalue weighted by Crippen LogP contribution is 2.23. The number of hydrogen-bond acceptors (Lipinski definition) is 2. The molecule has 3 nitrogen and oxygen atoms in total. The third kappa shape index (κ3) is 4.39. The van der Waals surface area contributed by atoms with E-state index in [-0.39, 0.29) is 0 Å². The van der Waals surface area contributed by atoms with E-state index >= 15 is 0 Å². The summed E-state index contributed by atoms with van der Waals surface area (Å²) in [4.78, 5) is 0. The molecular formula is C16H20Cl2N2O. The SMILES string of the molecule is CCCc1nn(CCCOc2ccccc2)c(Cl)c1CCl. The molecule has 1 aromatic heterocycles. The van der Waals surface area contributed by atoms with E-state index in [4.69, 9.17) is 27.9 Å². The van der Waals surface area contributed by atoms with Crippen molar-refractivity contribution in [1.82, 2.24) is 9.78 Å². The smallest absolute Gasteiger partial charge is 0.131 e. The minimum absolute atomic E-state index is 0.411. The Labute approximate surface area is 135 Å². The lowest BCUT2D eigenvalue weighted by Gasteiger charge is -2.06. The zero-order valence-corrected chi connectivity index (χ0v) is 13.7. The van der Waals surface area contributed by atoms with E-state index in [0.717, 1.165) is 42.8 Å². The van der Waals surface area contributed by atoms with Crippen LogP contribution in [0.25, 0.3) is 0 Å². The molecular weight excluding hydrogens is 307 g/mol. The molecule has 0 N–H and O–H groups in total. The van der Waals surface area contributed by atoms with Gasteiger partial charge in [-0.15, -0.1) is 11.6 Å². The first-order valence-electron chi connectivity index (χ1n) is 7.24. The minimum atomic E-state index is 0.411. The Balaban J connectivity index is 1.88. The van der Waals surface area contributed by atoms with E-state index in [2.05, 4.69) is 12.0 Å². The predicted molar refractivity (Wildman–Crippen MR) is 87.3 cm³/mol. The zero-order valence-electron chi connectivity index (χ0n) is 12.2. The number of halogens is 2. The van der Waals surface area contributed by atoms with Crippen molar-refractivity contribution in [3.05, 3.63) is 46.7 Å². The molecule has 0 saturated carbocycles. The summed E-state index contributed by atoms with van der Waals surface area (Å²) in [6.07, 6.45) is 2.80. The molecule has 2 aromatic rings. The van der Waals surface area contributed by atoms with Crippen LogP contribution in [0.3, 0.4) is 0 Å². The van der Waals surface area contributed by atoms with Gasteiger partial charge in [-0.25, -0.2) is 0 Å². The van der Waals surface area contributed by atoms with Crippen LogP contribution in [0.2, 0.25) is 5.15 Å². The molecule has 0 bridgehead atoms. The Bertz CT molecular complexity index is 555. The Morgan fingerprint density at radius 1 is 1.24 bits per heavy atom. The van der Waals surface area contributed by atoms with Crippen LogP contribution in [0.15, 0.2) is 30.3 Å². The number of ether oxygens (including phenoxy) is 1. The van der Waals surface area contributed by atoms with E-state index < -0.39 is 0 Å². The van der Waals surface area contributed by atoms with Crippen LogP contribution < -0.4 is 4.74 Å². The molecule has 0 atom stereocenters. The van der Waals surface area contributed by atoms with E-state index in [1.807, 2.05) is 35.0 Å². The van der Waals surface area contributed by atoms with Gasteiger partial charge in [-0.05, 0) is 18.6 Å². The van der Waals surface area contributed by atoms with Crippen molar-refractivity contribution < 1.29 is 4.74 Å². The maximum absolute atomic E-state index is 6.34. The highest BCUT2D eigenvalue weighted by Gasteiger charge is 2.14. The summed E-state index contributed by atoms with van der Waals surface area (Å²) in [7, 11) is 0. The monoisotopic (exact) mass is 326 g/mol. The average molecular weight is 327 g/mol. The van der Waals surface area contributed by atoms with Gasteiger partial charge in [0.1, 0.15) is 10.9 Å². The highest BCUT2D eigenvalue weighted by atomic mass is 35.5. The van der Waals surface area contributed by atoms with Crippen LogP contribution in [0.1, 0.15) is 31.0 Å². The average Bonchev–Trinajstić information content (AvgIpc) is 2.80. The van der Waals surface area contributed by atoms with Crippen LogP contribution in [0.5, 0.6) is 5.75 Å². The molecule has 21 heavy (non-hydrogen) atoms. The summed E-state index contributed by atoms with van der Waals surface area (Å²) < 4.78 is 7.50. The van der Waals surface area contributed by atoms with Gasteiger partial charge in [0.15, 0.2) is 0 Å². The molecule has 0 amide bonds. The van der Waals surface area contributed by atoms with Gasteiger partial charge in [-0.1, -0.05) is 43.1 Å². The van der Waals surface area contributed by atoms with Crippen molar-refractivity contribution in [1.29, 1.82) is 0 Å². The number of benzene rings is 1. The van der Waals surface area contributed by atoms with E-state index in [9.17, 15) is 0 Å². The second kappa shape index (κ2) is 8.30. The fraction of sp³-hybridized carbons (Fsp3) is 0.438. The molecule has 2 rings (SSSR count). The molecule has 114 valence electrons. The topological polar surface area (TPSA) is 27.1 Å². The molecule has 1 aromatic carbocycles. The normalized spacial score (nSPS) is 10.8. The number of aryl methyl sites for hydroxylation is 2. The first kappa shape index (κ1) is 16.2. The summed E-state index contributed by atoms with van der Waals surface area (Å²) in [6.45, 7) is 3.50. The number of para-hydroxylation sites is 1. The molecule has 0 saturated heterocycles. The first-order valence-corrected chi connectivity index (χ1v) is 8.15. The van der Waals surface area contributed by atoms with E-state index in [1.165, 1.54) is 0 Å². The minimum Gasteiger partial charge on any atom is -0.494 e. The largest absolute Gasteiger partial charge is 0.494 e. The number of aromatic nitrogens is 2. The second-order valence-corrected chi connectivity index (χ2v) is 5.46. The molecule has 1 heterocycles. The summed E-state index contributed by atoms with van der Waals surface area (Å²) >= 11 is 12.3. The number of rotatable bonds is 8.